The largest absolute Gasteiger partial charge is 0.387 e. The van der Waals surface area contributed by atoms with Crippen LogP contribution in [0.2, 0.25) is 0 Å². The Labute approximate surface area is 273 Å². The van der Waals surface area contributed by atoms with Crippen molar-refractivity contribution < 1.29 is 0 Å². The minimum Gasteiger partial charge on any atom is -0.387 e. The lowest BCUT2D eigenvalue weighted by molar-refractivity contribution is 0.976. The van der Waals surface area contributed by atoms with Gasteiger partial charge in [-0.2, -0.15) is 0 Å². The van der Waals surface area contributed by atoms with Gasteiger partial charge in [0.25, 0.3) is 0 Å². The number of allylic oxidation sites excluding steroid dienone is 2. The summed E-state index contributed by atoms with van der Waals surface area (Å²) < 4.78 is 2.43. The molecule has 5 aromatic carbocycles. The molecule has 1 aliphatic heterocycles. The molecule has 3 aromatic heterocycles. The van der Waals surface area contributed by atoms with Gasteiger partial charge in [0.05, 0.1) is 16.7 Å². The fraction of sp³-hybridized carbons (Fsp3) is 0.0233. The monoisotopic (exact) mass is 602 g/mol. The minimum absolute atomic E-state index is 0.880. The number of pyridine rings is 2. The number of nitrogens with one attached hydrogen (secondary N) is 1. The smallest absolute Gasteiger partial charge is 0.0717 e. The van der Waals surface area contributed by atoms with Crippen molar-refractivity contribution in [3.63, 3.8) is 0 Å². The Balaban J connectivity index is 1.19. The predicted molar refractivity (Wildman–Crippen MR) is 195 cm³/mol. The molecule has 4 heteroatoms. The Morgan fingerprint density at radius 1 is 0.574 bits per heavy atom. The molecular weight excluding hydrogens is 573 g/mol. The van der Waals surface area contributed by atoms with Crippen molar-refractivity contribution in [2.45, 2.75) is 0 Å². The first-order chi connectivity index (χ1) is 23.3. The first-order valence-corrected chi connectivity index (χ1v) is 15.9. The highest BCUT2D eigenvalue weighted by Crippen LogP contribution is 2.39. The van der Waals surface area contributed by atoms with E-state index in [1.54, 1.807) is 0 Å². The van der Waals surface area contributed by atoms with Gasteiger partial charge < -0.3 is 9.88 Å². The quantitative estimate of drug-likeness (QED) is 0.213. The number of benzene rings is 5. The standard InChI is InChI=1S/C43H30N4/c1-2-8-37(9-3-1)47-42-25-32(29-11-13-30(14-12-29)34-7-6-21-44-26-34)16-19-39(42)40-20-17-33-23-31(15-18-38(33)43(40)47)35-24-36(28-45-27-35)41-10-4-5-22-46-41/h1-20,22-28,44H,21H2. The van der Waals surface area contributed by atoms with Crippen molar-refractivity contribution in [2.75, 3.05) is 6.54 Å². The van der Waals surface area contributed by atoms with Crippen LogP contribution in [0.5, 0.6) is 0 Å². The molecule has 1 N–H and O–H groups in total. The Morgan fingerprint density at radius 3 is 2.13 bits per heavy atom. The molecule has 0 amide bonds. The molecule has 4 nitrogen and oxygen atoms in total. The molecule has 0 saturated heterocycles. The van der Waals surface area contributed by atoms with E-state index in [4.69, 9.17) is 0 Å². The van der Waals surface area contributed by atoms with Crippen molar-refractivity contribution >= 4 is 38.2 Å². The number of aromatic nitrogens is 3. The van der Waals surface area contributed by atoms with Gasteiger partial charge in [-0.3, -0.25) is 9.97 Å². The molecule has 0 saturated carbocycles. The van der Waals surface area contributed by atoms with Gasteiger partial charge in [-0.15, -0.1) is 0 Å². The van der Waals surface area contributed by atoms with Gasteiger partial charge >= 0.3 is 0 Å². The van der Waals surface area contributed by atoms with Crippen molar-refractivity contribution in [2.24, 2.45) is 0 Å². The van der Waals surface area contributed by atoms with Crippen LogP contribution in [0.4, 0.5) is 0 Å². The first kappa shape index (κ1) is 27.1. The average Bonchev–Trinajstić information content (AvgIpc) is 3.50. The highest BCUT2D eigenvalue weighted by Gasteiger charge is 2.17. The Hall–Kier alpha value is -6.26. The summed E-state index contributed by atoms with van der Waals surface area (Å²) in [6.45, 7) is 0.880. The van der Waals surface area contributed by atoms with E-state index in [2.05, 4.69) is 147 Å². The lowest BCUT2D eigenvalue weighted by Gasteiger charge is -2.12. The zero-order valence-corrected chi connectivity index (χ0v) is 25.6. The molecule has 8 aromatic rings. The number of fused-ring (bicyclic) bond motifs is 5. The maximum atomic E-state index is 4.56. The van der Waals surface area contributed by atoms with Crippen LogP contribution in [0.3, 0.4) is 0 Å². The molecule has 9 rings (SSSR count). The summed E-state index contributed by atoms with van der Waals surface area (Å²) in [6.07, 6.45) is 12.0. The van der Waals surface area contributed by atoms with Crippen LogP contribution in [-0.4, -0.2) is 21.1 Å². The molecule has 0 fully saturated rings. The van der Waals surface area contributed by atoms with E-state index in [1.165, 1.54) is 54.8 Å². The molecule has 0 radical (unpaired) electrons. The average molecular weight is 603 g/mol. The second-order valence-electron chi connectivity index (χ2n) is 12.0. The zero-order valence-electron chi connectivity index (χ0n) is 25.6. The summed E-state index contributed by atoms with van der Waals surface area (Å²) in [6, 6.07) is 45.9. The third-order valence-electron chi connectivity index (χ3n) is 9.13. The van der Waals surface area contributed by atoms with Crippen LogP contribution in [0.15, 0.2) is 164 Å². The van der Waals surface area contributed by atoms with Crippen LogP contribution in [0, 0.1) is 0 Å². The summed E-state index contributed by atoms with van der Waals surface area (Å²) in [5, 5.41) is 8.20. The molecule has 0 aliphatic carbocycles. The van der Waals surface area contributed by atoms with Gasteiger partial charge in [0.2, 0.25) is 0 Å². The lowest BCUT2D eigenvalue weighted by Crippen LogP contribution is -2.08. The number of hydrogen-bond donors (Lipinski definition) is 1. The van der Waals surface area contributed by atoms with Crippen LogP contribution >= 0.6 is 0 Å². The molecule has 222 valence electrons. The van der Waals surface area contributed by atoms with Crippen molar-refractivity contribution in [1.82, 2.24) is 19.9 Å². The van der Waals surface area contributed by atoms with E-state index in [0.717, 1.165) is 34.6 Å². The summed E-state index contributed by atoms with van der Waals surface area (Å²) in [5.74, 6) is 0. The van der Waals surface area contributed by atoms with E-state index in [1.807, 2.05) is 36.8 Å². The zero-order chi connectivity index (χ0) is 31.2. The highest BCUT2D eigenvalue weighted by atomic mass is 15.0. The van der Waals surface area contributed by atoms with Crippen LogP contribution in [0.1, 0.15) is 5.56 Å². The molecule has 4 heterocycles. The molecule has 0 spiro atoms. The topological polar surface area (TPSA) is 42.7 Å². The fourth-order valence-corrected chi connectivity index (χ4v) is 6.82. The van der Waals surface area contributed by atoms with E-state index < -0.39 is 0 Å². The number of rotatable bonds is 5. The van der Waals surface area contributed by atoms with Crippen LogP contribution in [0.25, 0.3) is 77.3 Å². The Morgan fingerprint density at radius 2 is 1.32 bits per heavy atom. The molecule has 47 heavy (non-hydrogen) atoms. The summed E-state index contributed by atoms with van der Waals surface area (Å²) in [7, 11) is 0. The molecule has 1 aliphatic rings. The van der Waals surface area contributed by atoms with Crippen LogP contribution < -0.4 is 5.32 Å². The minimum atomic E-state index is 0.880. The third kappa shape index (κ3) is 4.79. The van der Waals surface area contributed by atoms with Gasteiger partial charge in [0, 0.05) is 64.3 Å². The second-order valence-corrected chi connectivity index (χ2v) is 12.0. The normalized spacial score (nSPS) is 12.8. The first-order valence-electron chi connectivity index (χ1n) is 15.9. The maximum Gasteiger partial charge on any atom is 0.0717 e. The number of nitrogens with zero attached hydrogens (tertiary/aromatic N) is 3. The van der Waals surface area contributed by atoms with E-state index in [9.17, 15) is 0 Å². The molecule has 0 unspecified atom stereocenters. The highest BCUT2D eigenvalue weighted by molar-refractivity contribution is 6.19. The van der Waals surface area contributed by atoms with E-state index in [0.29, 0.717) is 0 Å². The van der Waals surface area contributed by atoms with Gasteiger partial charge in [0.15, 0.2) is 0 Å². The van der Waals surface area contributed by atoms with Gasteiger partial charge in [-0.1, -0.05) is 97.1 Å². The third-order valence-corrected chi connectivity index (χ3v) is 9.13. The predicted octanol–water partition coefficient (Wildman–Crippen LogP) is 10.2. The van der Waals surface area contributed by atoms with Crippen molar-refractivity contribution in [3.05, 3.63) is 170 Å². The second kappa shape index (κ2) is 11.3. The van der Waals surface area contributed by atoms with Gasteiger partial charge in [0.1, 0.15) is 0 Å². The summed E-state index contributed by atoms with van der Waals surface area (Å²) in [5.41, 5.74) is 12.5. The summed E-state index contributed by atoms with van der Waals surface area (Å²) in [4.78, 5) is 9.09. The Bertz CT molecular complexity index is 2490. The molecule has 0 atom stereocenters. The van der Waals surface area contributed by atoms with Crippen molar-refractivity contribution in [3.8, 4) is 39.2 Å². The Kier molecular flexibility index (Phi) is 6.50. The summed E-state index contributed by atoms with van der Waals surface area (Å²) >= 11 is 0. The van der Waals surface area contributed by atoms with E-state index in [-0.39, 0.29) is 0 Å². The SMILES string of the molecule is C1=CC(c2ccc(-c3ccc4c5ccc6cc(-c7cncc(-c8ccccn8)c7)ccc6c5n(-c5ccccc5)c4c3)cc2)=CNC1. The molecule has 0 bridgehead atoms. The number of hydrogen-bond acceptors (Lipinski definition) is 3. The molecular formula is C43H30N4. The van der Waals surface area contributed by atoms with E-state index >= 15 is 0 Å². The number of para-hydroxylation sites is 1. The lowest BCUT2D eigenvalue weighted by atomic mass is 9.98. The van der Waals surface area contributed by atoms with Gasteiger partial charge in [-0.05, 0) is 75.7 Å². The van der Waals surface area contributed by atoms with Gasteiger partial charge in [-0.25, -0.2) is 0 Å². The van der Waals surface area contributed by atoms with Crippen LogP contribution in [-0.2, 0) is 0 Å². The maximum absolute atomic E-state index is 4.56. The number of dihydropyridines is 1. The van der Waals surface area contributed by atoms with Crippen molar-refractivity contribution in [1.29, 1.82) is 0 Å². The fourth-order valence-electron chi connectivity index (χ4n) is 6.82.